The fourth-order valence-electron chi connectivity index (χ4n) is 0. The summed E-state index contributed by atoms with van der Waals surface area (Å²) in [5.74, 6) is 0. The molecule has 3 nitrogen and oxygen atoms in total. The number of hydrogen-bond acceptors (Lipinski definition) is 6. The molecule has 0 fully saturated rings. The summed E-state index contributed by atoms with van der Waals surface area (Å²) in [7, 11) is 0. The van der Waals surface area contributed by atoms with Crippen molar-refractivity contribution in [2.45, 2.75) is 0 Å². The molecule has 0 amide bonds. The Bertz CT molecular complexity index is 117. The first kappa shape index (κ1) is 29.4. The SMILES string of the molecule is N#C[S-].N#C[S-].N#C[S-].[K+].[Zn+2]. The maximum Gasteiger partial charge on any atom is 2.00 e. The molecule has 0 rings (SSSR count). The first-order valence-corrected chi connectivity index (χ1v) is 2.51. The van der Waals surface area contributed by atoms with Crippen LogP contribution in [0, 0.1) is 32.0 Å². The van der Waals surface area contributed by atoms with Crippen molar-refractivity contribution < 1.29 is 70.9 Å². The summed E-state index contributed by atoms with van der Waals surface area (Å²) in [6, 6.07) is 0. The van der Waals surface area contributed by atoms with Crippen LogP contribution >= 0.6 is 0 Å². The third kappa shape index (κ3) is 520. The van der Waals surface area contributed by atoms with Gasteiger partial charge in [-0.15, -0.1) is 0 Å². The zero-order valence-corrected chi connectivity index (χ0v) is 14.3. The van der Waals surface area contributed by atoms with E-state index >= 15 is 0 Å². The summed E-state index contributed by atoms with van der Waals surface area (Å²) in [5, 5.41) is 25.4. The molecule has 8 heteroatoms. The van der Waals surface area contributed by atoms with E-state index in [0.717, 1.165) is 0 Å². The summed E-state index contributed by atoms with van der Waals surface area (Å²) in [4.78, 5) is 0. The molecule has 0 radical (unpaired) electrons. The van der Waals surface area contributed by atoms with Gasteiger partial charge < -0.3 is 37.9 Å². The largest absolute Gasteiger partial charge is 2.00 e. The first-order valence-electron chi connectivity index (χ1n) is 1.28. The van der Waals surface area contributed by atoms with E-state index in [1.54, 1.807) is 0 Å². The van der Waals surface area contributed by atoms with Gasteiger partial charge >= 0.3 is 70.9 Å². The van der Waals surface area contributed by atoms with E-state index in [1.165, 1.54) is 16.2 Å². The zero-order valence-electron chi connectivity index (χ0n) is 5.77. The van der Waals surface area contributed by atoms with Gasteiger partial charge in [-0.25, -0.2) is 15.8 Å². The Labute approximate surface area is 138 Å². The van der Waals surface area contributed by atoms with Crippen LogP contribution < -0.4 is 51.4 Å². The van der Waals surface area contributed by atoms with Crippen LogP contribution in [-0.2, 0) is 57.4 Å². The molecular formula is C3KN3S3Zn. The van der Waals surface area contributed by atoms with Crippen molar-refractivity contribution in [1.29, 1.82) is 15.8 Å². The Hall–Kier alpha value is 1.39. The zero-order chi connectivity index (χ0) is 8.12. The number of hydrogen-bond donors (Lipinski definition) is 0. The molecule has 0 N–H and O–H groups in total. The first-order chi connectivity index (χ1) is 4.24. The van der Waals surface area contributed by atoms with Crippen LogP contribution in [-0.4, -0.2) is 0 Å². The third-order valence-electron chi connectivity index (χ3n) is 0. The summed E-state index contributed by atoms with van der Waals surface area (Å²) >= 11 is 11.1. The molecule has 0 bridgehead atoms. The predicted octanol–water partition coefficient (Wildman–Crippen LogP) is -2.96. The second kappa shape index (κ2) is 63.8. The van der Waals surface area contributed by atoms with Crippen molar-refractivity contribution in [3.63, 3.8) is 0 Å². The van der Waals surface area contributed by atoms with Gasteiger partial charge in [-0.1, -0.05) is 16.2 Å². The smallest absolute Gasteiger partial charge is 0.696 e. The molecular weight excluding hydrogens is 279 g/mol. The van der Waals surface area contributed by atoms with Crippen LogP contribution in [0.2, 0.25) is 0 Å². The number of nitriles is 3. The molecule has 0 aliphatic heterocycles. The molecule has 0 aliphatic carbocycles. The van der Waals surface area contributed by atoms with Crippen LogP contribution in [0.25, 0.3) is 0 Å². The maximum absolute atomic E-state index is 7.13. The van der Waals surface area contributed by atoms with Gasteiger partial charge in [0.2, 0.25) is 0 Å². The van der Waals surface area contributed by atoms with Gasteiger partial charge in [0.15, 0.2) is 0 Å². The third-order valence-corrected chi connectivity index (χ3v) is 0. The van der Waals surface area contributed by atoms with Crippen molar-refractivity contribution in [3.05, 3.63) is 0 Å². The number of thiocyanates is 3. The molecule has 0 saturated carbocycles. The van der Waals surface area contributed by atoms with E-state index in [0.29, 0.717) is 0 Å². The molecule has 0 aliphatic rings. The van der Waals surface area contributed by atoms with Crippen molar-refractivity contribution in [2.24, 2.45) is 0 Å². The second-order valence-corrected chi connectivity index (χ2v) is 0.822. The Kier molecular flexibility index (Phi) is 171. The van der Waals surface area contributed by atoms with Gasteiger partial charge in [-0.2, -0.15) is 0 Å². The minimum Gasteiger partial charge on any atom is -0.696 e. The average Bonchev–Trinajstić information content (AvgIpc) is 1.70. The average molecular weight is 279 g/mol. The van der Waals surface area contributed by atoms with Crippen molar-refractivity contribution in [3.8, 4) is 16.2 Å². The Morgan fingerprint density at radius 1 is 0.727 bits per heavy atom. The van der Waals surface area contributed by atoms with Crippen LogP contribution in [0.15, 0.2) is 0 Å². The summed E-state index contributed by atoms with van der Waals surface area (Å²) in [6.07, 6.45) is 0. The van der Waals surface area contributed by atoms with E-state index in [-0.39, 0.29) is 70.9 Å². The van der Waals surface area contributed by atoms with Crippen molar-refractivity contribution in [1.82, 2.24) is 0 Å². The molecule has 0 spiro atoms. The van der Waals surface area contributed by atoms with Crippen LogP contribution in [0.1, 0.15) is 0 Å². The second-order valence-electron chi connectivity index (χ2n) is 0.274. The van der Waals surface area contributed by atoms with E-state index in [2.05, 4.69) is 37.9 Å². The minimum atomic E-state index is 0. The minimum absolute atomic E-state index is 0. The number of nitrogens with zero attached hydrogens (tertiary/aromatic N) is 3. The summed E-state index contributed by atoms with van der Waals surface area (Å²) in [5.41, 5.74) is 0. The Morgan fingerprint density at radius 3 is 0.727 bits per heavy atom. The van der Waals surface area contributed by atoms with E-state index in [4.69, 9.17) is 15.8 Å². The van der Waals surface area contributed by atoms with Crippen LogP contribution in [0.4, 0.5) is 0 Å². The standard InChI is InChI=1S/3CHNS.K.Zn/c3*2-1-3;;/h3*3H;;/q;;;+1;+2/p-3. The summed E-state index contributed by atoms with van der Waals surface area (Å²) in [6.45, 7) is 0. The maximum atomic E-state index is 7.13. The molecule has 0 heterocycles. The van der Waals surface area contributed by atoms with E-state index in [1.807, 2.05) is 0 Å². The van der Waals surface area contributed by atoms with Gasteiger partial charge in [0.1, 0.15) is 0 Å². The predicted molar refractivity (Wildman–Crippen MR) is 38.9 cm³/mol. The topological polar surface area (TPSA) is 71.4 Å². The fourth-order valence-corrected chi connectivity index (χ4v) is 0. The Balaban J connectivity index is -0.0000000150. The summed E-state index contributed by atoms with van der Waals surface area (Å²) < 4.78 is 0. The quantitative estimate of drug-likeness (QED) is 0.268. The molecule has 0 aromatic rings. The number of rotatable bonds is 0. The fraction of sp³-hybridized carbons (Fsp3) is 0. The van der Waals surface area contributed by atoms with Crippen molar-refractivity contribution >= 4 is 37.9 Å². The van der Waals surface area contributed by atoms with Crippen LogP contribution in [0.3, 0.4) is 0 Å². The van der Waals surface area contributed by atoms with Crippen molar-refractivity contribution in [2.75, 3.05) is 0 Å². The molecule has 0 atom stereocenters. The molecule has 0 unspecified atom stereocenters. The monoisotopic (exact) mass is 277 g/mol. The van der Waals surface area contributed by atoms with Crippen LogP contribution in [0.5, 0.6) is 0 Å². The molecule has 11 heavy (non-hydrogen) atoms. The van der Waals surface area contributed by atoms with Gasteiger partial charge in [-0.05, 0) is 0 Å². The molecule has 0 aromatic carbocycles. The Morgan fingerprint density at radius 2 is 0.727 bits per heavy atom. The molecule has 0 saturated heterocycles. The van der Waals surface area contributed by atoms with Gasteiger partial charge in [0.25, 0.3) is 0 Å². The van der Waals surface area contributed by atoms with E-state index < -0.39 is 0 Å². The molecule has 0 aromatic heterocycles. The van der Waals surface area contributed by atoms with E-state index in [9.17, 15) is 0 Å². The van der Waals surface area contributed by atoms with Gasteiger partial charge in [0, 0.05) is 0 Å². The van der Waals surface area contributed by atoms with Gasteiger partial charge in [-0.3, -0.25) is 0 Å². The molecule has 48 valence electrons. The van der Waals surface area contributed by atoms with Gasteiger partial charge in [0.05, 0.1) is 0 Å². The normalized spacial score (nSPS) is 1.91.